The molecule has 4 heteroatoms. The van der Waals surface area contributed by atoms with Gasteiger partial charge in [0.15, 0.2) is 6.23 Å². The second kappa shape index (κ2) is 7.97. The molecule has 0 spiro atoms. The molecular weight excluding hydrogens is 338 g/mol. The van der Waals surface area contributed by atoms with Crippen molar-refractivity contribution in [1.29, 1.82) is 0 Å². The number of hydrogen-bond acceptors (Lipinski definition) is 3. The minimum absolute atomic E-state index is 0.176. The van der Waals surface area contributed by atoms with Gasteiger partial charge in [0.2, 0.25) is 0 Å². The first-order chi connectivity index (χ1) is 12.8. The molecule has 27 heavy (non-hydrogen) atoms. The summed E-state index contributed by atoms with van der Waals surface area (Å²) in [7, 11) is 0. The van der Waals surface area contributed by atoms with Crippen molar-refractivity contribution in [3.63, 3.8) is 0 Å². The zero-order valence-electron chi connectivity index (χ0n) is 16.4. The highest BCUT2D eigenvalue weighted by molar-refractivity contribution is 5.71. The van der Waals surface area contributed by atoms with Crippen molar-refractivity contribution < 1.29 is 14.3 Å². The Bertz CT molecular complexity index is 793. The van der Waals surface area contributed by atoms with Crippen molar-refractivity contribution in [2.45, 2.75) is 45.6 Å². The molecule has 1 heterocycles. The molecule has 142 valence electrons. The summed E-state index contributed by atoms with van der Waals surface area (Å²) in [4.78, 5) is 14.7. The largest absolute Gasteiger partial charge is 0.444 e. The van der Waals surface area contributed by atoms with E-state index in [1.54, 1.807) is 4.90 Å². The SMILES string of the molecule is C/C(=C\c1ccccc1)[C@H]1OC[C@@H](c2ccccc2)N1C(=O)OC(C)(C)C. The van der Waals surface area contributed by atoms with E-state index in [4.69, 9.17) is 9.47 Å². The summed E-state index contributed by atoms with van der Waals surface area (Å²) in [6.45, 7) is 8.05. The third-order valence-corrected chi connectivity index (χ3v) is 4.37. The summed E-state index contributed by atoms with van der Waals surface area (Å²) in [6, 6.07) is 19.8. The number of nitrogens with zero attached hydrogens (tertiary/aromatic N) is 1. The van der Waals surface area contributed by atoms with Gasteiger partial charge in [-0.05, 0) is 44.4 Å². The fourth-order valence-corrected chi connectivity index (χ4v) is 3.21. The van der Waals surface area contributed by atoms with Gasteiger partial charge in [0, 0.05) is 0 Å². The monoisotopic (exact) mass is 365 g/mol. The Morgan fingerprint density at radius 3 is 2.26 bits per heavy atom. The lowest BCUT2D eigenvalue weighted by Gasteiger charge is -2.31. The van der Waals surface area contributed by atoms with E-state index < -0.39 is 11.8 Å². The van der Waals surface area contributed by atoms with E-state index in [0.29, 0.717) is 6.61 Å². The maximum absolute atomic E-state index is 13.0. The topological polar surface area (TPSA) is 38.8 Å². The van der Waals surface area contributed by atoms with Crippen LogP contribution in [0.4, 0.5) is 4.79 Å². The van der Waals surface area contributed by atoms with Gasteiger partial charge in [0.25, 0.3) is 0 Å². The first-order valence-electron chi connectivity index (χ1n) is 9.26. The van der Waals surface area contributed by atoms with Crippen LogP contribution in [0.1, 0.15) is 44.9 Å². The molecule has 0 aliphatic carbocycles. The van der Waals surface area contributed by atoms with Crippen LogP contribution in [0.25, 0.3) is 6.08 Å². The van der Waals surface area contributed by atoms with E-state index in [-0.39, 0.29) is 12.1 Å². The quantitative estimate of drug-likeness (QED) is 0.728. The summed E-state index contributed by atoms with van der Waals surface area (Å²) in [5.41, 5.74) is 2.51. The summed E-state index contributed by atoms with van der Waals surface area (Å²) in [5, 5.41) is 0. The lowest BCUT2D eigenvalue weighted by atomic mass is 10.1. The Balaban J connectivity index is 1.92. The van der Waals surface area contributed by atoms with Crippen molar-refractivity contribution >= 4 is 12.2 Å². The predicted octanol–water partition coefficient (Wildman–Crippen LogP) is 5.42. The first-order valence-corrected chi connectivity index (χ1v) is 9.26. The number of hydrogen-bond donors (Lipinski definition) is 0. The highest BCUT2D eigenvalue weighted by Crippen LogP contribution is 2.35. The van der Waals surface area contributed by atoms with Crippen LogP contribution in [0, 0.1) is 0 Å². The van der Waals surface area contributed by atoms with Gasteiger partial charge in [-0.2, -0.15) is 0 Å². The number of carbonyl (C=O) groups excluding carboxylic acids is 1. The normalized spacial score (nSPS) is 20.6. The van der Waals surface area contributed by atoms with E-state index in [1.807, 2.05) is 88.4 Å². The Morgan fingerprint density at radius 1 is 1.07 bits per heavy atom. The Morgan fingerprint density at radius 2 is 1.67 bits per heavy atom. The van der Waals surface area contributed by atoms with E-state index in [2.05, 4.69) is 6.08 Å². The number of rotatable bonds is 3. The van der Waals surface area contributed by atoms with Gasteiger partial charge < -0.3 is 9.47 Å². The third kappa shape index (κ3) is 4.77. The molecule has 4 nitrogen and oxygen atoms in total. The van der Waals surface area contributed by atoms with Crippen LogP contribution in [0.15, 0.2) is 66.2 Å². The second-order valence-corrected chi connectivity index (χ2v) is 7.80. The smallest absolute Gasteiger partial charge is 0.413 e. The van der Waals surface area contributed by atoms with Crippen molar-refractivity contribution in [1.82, 2.24) is 4.90 Å². The van der Waals surface area contributed by atoms with E-state index in [0.717, 1.165) is 16.7 Å². The van der Waals surface area contributed by atoms with Gasteiger partial charge in [-0.25, -0.2) is 4.79 Å². The minimum atomic E-state index is -0.567. The molecule has 2 aromatic carbocycles. The van der Waals surface area contributed by atoms with Crippen LogP contribution < -0.4 is 0 Å². The van der Waals surface area contributed by atoms with Crippen molar-refractivity contribution in [3.05, 3.63) is 77.4 Å². The van der Waals surface area contributed by atoms with Crippen LogP contribution in [0.5, 0.6) is 0 Å². The van der Waals surface area contributed by atoms with Gasteiger partial charge in [-0.3, -0.25) is 4.90 Å². The first kappa shape index (κ1) is 19.2. The predicted molar refractivity (Wildman–Crippen MR) is 107 cm³/mol. The molecule has 1 saturated heterocycles. The number of ether oxygens (including phenoxy) is 2. The summed E-state index contributed by atoms with van der Waals surface area (Å²) in [6.07, 6.45) is 1.24. The van der Waals surface area contributed by atoms with Crippen LogP contribution in [0.2, 0.25) is 0 Å². The average Bonchev–Trinajstić information content (AvgIpc) is 3.07. The number of benzene rings is 2. The molecule has 2 atom stereocenters. The molecule has 0 bridgehead atoms. The van der Waals surface area contributed by atoms with Crippen molar-refractivity contribution in [3.8, 4) is 0 Å². The average molecular weight is 365 g/mol. The standard InChI is InChI=1S/C23H27NO3/c1-17(15-18-11-7-5-8-12-18)21-24(22(25)27-23(2,3)4)20(16-26-21)19-13-9-6-10-14-19/h5-15,20-21H,16H2,1-4H3/b17-15+/t20-,21+/m0/s1. The van der Waals surface area contributed by atoms with E-state index >= 15 is 0 Å². The van der Waals surface area contributed by atoms with Crippen LogP contribution >= 0.6 is 0 Å². The fraction of sp³-hybridized carbons (Fsp3) is 0.348. The van der Waals surface area contributed by atoms with Crippen LogP contribution in [0.3, 0.4) is 0 Å². The Kier molecular flexibility index (Phi) is 5.66. The Labute approximate surface area is 161 Å². The molecule has 0 N–H and O–H groups in total. The molecule has 0 radical (unpaired) electrons. The summed E-state index contributed by atoms with van der Waals surface area (Å²) < 4.78 is 11.7. The molecule has 1 aliphatic heterocycles. The summed E-state index contributed by atoms with van der Waals surface area (Å²) in [5.74, 6) is 0. The molecule has 1 aliphatic rings. The lowest BCUT2D eigenvalue weighted by molar-refractivity contribution is -0.00172. The van der Waals surface area contributed by atoms with Crippen LogP contribution in [-0.4, -0.2) is 29.4 Å². The van der Waals surface area contributed by atoms with Gasteiger partial charge in [0.05, 0.1) is 12.6 Å². The van der Waals surface area contributed by atoms with Gasteiger partial charge >= 0.3 is 6.09 Å². The molecule has 0 saturated carbocycles. The maximum Gasteiger partial charge on any atom is 0.413 e. The van der Waals surface area contributed by atoms with Gasteiger partial charge in [0.1, 0.15) is 5.60 Å². The Hall–Kier alpha value is -2.59. The van der Waals surface area contributed by atoms with Gasteiger partial charge in [-0.1, -0.05) is 66.7 Å². The third-order valence-electron chi connectivity index (χ3n) is 4.37. The molecule has 3 rings (SSSR count). The minimum Gasteiger partial charge on any atom is -0.444 e. The van der Waals surface area contributed by atoms with Crippen LogP contribution in [-0.2, 0) is 9.47 Å². The summed E-state index contributed by atoms with van der Waals surface area (Å²) >= 11 is 0. The molecule has 2 aromatic rings. The number of carbonyl (C=O) groups is 1. The van der Waals surface area contributed by atoms with E-state index in [9.17, 15) is 4.79 Å². The molecule has 1 fully saturated rings. The maximum atomic E-state index is 13.0. The molecule has 0 unspecified atom stereocenters. The lowest BCUT2D eigenvalue weighted by Crippen LogP contribution is -2.42. The number of amides is 1. The fourth-order valence-electron chi connectivity index (χ4n) is 3.21. The highest BCUT2D eigenvalue weighted by Gasteiger charge is 2.41. The van der Waals surface area contributed by atoms with Crippen molar-refractivity contribution in [2.24, 2.45) is 0 Å². The zero-order chi connectivity index (χ0) is 19.4. The molecular formula is C23H27NO3. The van der Waals surface area contributed by atoms with Crippen molar-refractivity contribution in [2.75, 3.05) is 6.61 Å². The zero-order valence-corrected chi connectivity index (χ0v) is 16.4. The van der Waals surface area contributed by atoms with E-state index in [1.165, 1.54) is 0 Å². The highest BCUT2D eigenvalue weighted by atomic mass is 16.6. The molecule has 1 amide bonds. The molecule has 0 aromatic heterocycles. The second-order valence-electron chi connectivity index (χ2n) is 7.80. The van der Waals surface area contributed by atoms with Gasteiger partial charge in [-0.15, -0.1) is 0 Å².